The molecule has 1 aromatic rings. The summed E-state index contributed by atoms with van der Waals surface area (Å²) in [5.41, 5.74) is 8.66. The van der Waals surface area contributed by atoms with Crippen molar-refractivity contribution in [3.05, 3.63) is 33.4 Å². The number of halogens is 1. The van der Waals surface area contributed by atoms with Crippen molar-refractivity contribution in [2.75, 3.05) is 13.1 Å². The molecule has 0 radical (unpaired) electrons. The number of azide groups is 1. The molecule has 0 fully saturated rings. The van der Waals surface area contributed by atoms with Crippen LogP contribution in [0.25, 0.3) is 10.4 Å². The van der Waals surface area contributed by atoms with E-state index in [2.05, 4.69) is 15.3 Å². The van der Waals surface area contributed by atoms with Gasteiger partial charge in [0, 0.05) is 30.7 Å². The van der Waals surface area contributed by atoms with Crippen molar-refractivity contribution >= 4 is 17.5 Å². The Hall–Kier alpha value is -1.65. The number of hydrogen-bond acceptors (Lipinski definition) is 2. The topological polar surface area (TPSA) is 82.8 Å². The molecular weight excluding hydrogens is 254 g/mol. The summed E-state index contributed by atoms with van der Waals surface area (Å²) in [6, 6.07) is 1.65. The molecule has 0 bridgehead atoms. The van der Waals surface area contributed by atoms with Crippen molar-refractivity contribution < 1.29 is 4.79 Å². The number of rotatable bonds is 7. The van der Waals surface area contributed by atoms with Crippen molar-refractivity contribution in [1.82, 2.24) is 9.88 Å². The Balaban J connectivity index is 2.52. The number of nitrogens with one attached hydrogen (secondary N) is 1. The van der Waals surface area contributed by atoms with Crippen LogP contribution in [0.3, 0.4) is 0 Å². The van der Waals surface area contributed by atoms with Crippen LogP contribution in [0.1, 0.15) is 30.3 Å². The highest BCUT2D eigenvalue weighted by Crippen LogP contribution is 2.14. The number of aryl methyl sites for hydroxylation is 1. The first kappa shape index (κ1) is 14.4. The first-order valence-electron chi connectivity index (χ1n) is 5.83. The minimum atomic E-state index is -0.156. The fourth-order valence-electron chi connectivity index (χ4n) is 1.58. The first-order valence-corrected chi connectivity index (χ1v) is 6.21. The van der Waals surface area contributed by atoms with E-state index >= 15 is 0 Å². The maximum atomic E-state index is 11.9. The molecule has 0 aliphatic heterocycles. The van der Waals surface area contributed by atoms with Crippen LogP contribution in [0.2, 0.25) is 5.02 Å². The highest BCUT2D eigenvalue weighted by Gasteiger charge is 2.11. The largest absolute Gasteiger partial charge is 0.351 e. The average molecular weight is 270 g/mol. The summed E-state index contributed by atoms with van der Waals surface area (Å²) in [5, 5.41) is 6.72. The van der Waals surface area contributed by atoms with Crippen molar-refractivity contribution in [3.63, 3.8) is 0 Å². The number of carbonyl (C=O) groups excluding carboxylic acids is 1. The molecule has 0 unspecified atom stereocenters. The lowest BCUT2D eigenvalue weighted by Crippen LogP contribution is -2.27. The molecule has 0 aliphatic rings. The molecule has 0 spiro atoms. The van der Waals surface area contributed by atoms with Gasteiger partial charge in [0.1, 0.15) is 5.69 Å². The van der Waals surface area contributed by atoms with E-state index in [1.54, 1.807) is 12.3 Å². The van der Waals surface area contributed by atoms with E-state index in [1.165, 1.54) is 0 Å². The summed E-state index contributed by atoms with van der Waals surface area (Å²) < 4.78 is 1.84. The molecule has 0 saturated carbocycles. The van der Waals surface area contributed by atoms with Gasteiger partial charge in [-0.2, -0.15) is 0 Å². The molecule has 7 heteroatoms. The van der Waals surface area contributed by atoms with E-state index in [0.29, 0.717) is 30.2 Å². The van der Waals surface area contributed by atoms with Gasteiger partial charge in [-0.1, -0.05) is 23.6 Å². The van der Waals surface area contributed by atoms with Crippen LogP contribution in [0, 0.1) is 0 Å². The van der Waals surface area contributed by atoms with E-state index < -0.39 is 0 Å². The molecule has 18 heavy (non-hydrogen) atoms. The lowest BCUT2D eigenvalue weighted by Gasteiger charge is -2.07. The van der Waals surface area contributed by atoms with Crippen molar-refractivity contribution in [1.29, 1.82) is 0 Å². The maximum Gasteiger partial charge on any atom is 0.267 e. The lowest BCUT2D eigenvalue weighted by atomic mass is 10.3. The highest BCUT2D eigenvalue weighted by molar-refractivity contribution is 6.31. The Kier molecular flexibility index (Phi) is 6.11. The quantitative estimate of drug-likeness (QED) is 0.351. The number of hydrogen-bond donors (Lipinski definition) is 1. The highest BCUT2D eigenvalue weighted by atomic mass is 35.5. The first-order chi connectivity index (χ1) is 8.69. The van der Waals surface area contributed by atoms with Crippen molar-refractivity contribution in [3.8, 4) is 0 Å². The summed E-state index contributed by atoms with van der Waals surface area (Å²) in [6.07, 6.45) is 3.31. The Morgan fingerprint density at radius 1 is 1.67 bits per heavy atom. The molecule has 6 nitrogen and oxygen atoms in total. The zero-order chi connectivity index (χ0) is 13.4. The van der Waals surface area contributed by atoms with E-state index in [-0.39, 0.29) is 5.91 Å². The standard InChI is InChI=1S/C11H16ClN5O/c1-2-6-17-8-9(12)7-10(17)11(18)14-4-3-5-15-16-13/h7-8H,2-6H2,1H3,(H,14,18). The number of nitrogens with zero attached hydrogens (tertiary/aromatic N) is 4. The molecule has 0 aromatic carbocycles. The van der Waals surface area contributed by atoms with Crippen LogP contribution in [0.5, 0.6) is 0 Å². The predicted octanol–water partition coefficient (Wildman–Crippen LogP) is 2.98. The van der Waals surface area contributed by atoms with Gasteiger partial charge in [0.2, 0.25) is 0 Å². The molecule has 1 aromatic heterocycles. The van der Waals surface area contributed by atoms with Crippen LogP contribution in [0.4, 0.5) is 0 Å². The van der Waals surface area contributed by atoms with Gasteiger partial charge in [0.15, 0.2) is 0 Å². The van der Waals surface area contributed by atoms with Crippen molar-refractivity contribution in [2.45, 2.75) is 26.3 Å². The number of aromatic nitrogens is 1. The maximum absolute atomic E-state index is 11.9. The third kappa shape index (κ3) is 4.31. The SMILES string of the molecule is CCCn1cc(Cl)cc1C(=O)NCCCN=[N+]=[N-]. The van der Waals surface area contributed by atoms with Gasteiger partial charge in [0.05, 0.1) is 5.02 Å². The predicted molar refractivity (Wildman–Crippen MR) is 70.7 cm³/mol. The Morgan fingerprint density at radius 3 is 3.11 bits per heavy atom. The second kappa shape index (κ2) is 7.63. The summed E-state index contributed by atoms with van der Waals surface area (Å²) in [6.45, 7) is 3.66. The van der Waals surface area contributed by atoms with Crippen LogP contribution in [-0.2, 0) is 6.54 Å². The summed E-state index contributed by atoms with van der Waals surface area (Å²) in [5.74, 6) is -0.156. The summed E-state index contributed by atoms with van der Waals surface area (Å²) in [7, 11) is 0. The fraction of sp³-hybridized carbons (Fsp3) is 0.545. The minimum absolute atomic E-state index is 0.156. The Bertz CT molecular complexity index is 450. The molecule has 1 N–H and O–H groups in total. The van der Waals surface area contributed by atoms with Crippen molar-refractivity contribution in [2.24, 2.45) is 5.11 Å². The Labute approximate surface area is 111 Å². The molecule has 0 saturated heterocycles. The molecular formula is C11H16ClN5O. The van der Waals surface area contributed by atoms with Gasteiger partial charge in [-0.15, -0.1) is 0 Å². The summed E-state index contributed by atoms with van der Waals surface area (Å²) in [4.78, 5) is 14.5. The van der Waals surface area contributed by atoms with E-state index in [9.17, 15) is 4.79 Å². The molecule has 0 atom stereocenters. The molecule has 1 amide bonds. The van der Waals surface area contributed by atoms with Gasteiger partial charge >= 0.3 is 0 Å². The monoisotopic (exact) mass is 269 g/mol. The molecule has 1 rings (SSSR count). The van der Waals surface area contributed by atoms with E-state index in [1.807, 2.05) is 11.5 Å². The van der Waals surface area contributed by atoms with Crippen LogP contribution < -0.4 is 5.32 Å². The van der Waals surface area contributed by atoms with E-state index in [0.717, 1.165) is 13.0 Å². The van der Waals surface area contributed by atoms with Gasteiger partial charge in [-0.25, -0.2) is 0 Å². The zero-order valence-corrected chi connectivity index (χ0v) is 11.0. The van der Waals surface area contributed by atoms with Gasteiger partial charge < -0.3 is 9.88 Å². The second-order valence-electron chi connectivity index (χ2n) is 3.80. The third-order valence-corrected chi connectivity index (χ3v) is 2.55. The average Bonchev–Trinajstić information content (AvgIpc) is 2.70. The number of carbonyl (C=O) groups is 1. The van der Waals surface area contributed by atoms with Gasteiger partial charge in [0.25, 0.3) is 5.91 Å². The zero-order valence-electron chi connectivity index (χ0n) is 10.3. The third-order valence-electron chi connectivity index (χ3n) is 2.34. The van der Waals surface area contributed by atoms with Gasteiger partial charge in [-0.05, 0) is 24.4 Å². The number of amides is 1. The normalized spacial score (nSPS) is 9.89. The summed E-state index contributed by atoms with van der Waals surface area (Å²) >= 11 is 5.89. The fourth-order valence-corrected chi connectivity index (χ4v) is 1.80. The van der Waals surface area contributed by atoms with Crippen LogP contribution in [-0.4, -0.2) is 23.6 Å². The van der Waals surface area contributed by atoms with E-state index in [4.69, 9.17) is 17.1 Å². The molecule has 0 aliphatic carbocycles. The second-order valence-corrected chi connectivity index (χ2v) is 4.24. The lowest BCUT2D eigenvalue weighted by molar-refractivity contribution is 0.0944. The van der Waals surface area contributed by atoms with Crippen LogP contribution in [0.15, 0.2) is 17.4 Å². The smallest absolute Gasteiger partial charge is 0.267 e. The molecule has 98 valence electrons. The molecule has 1 heterocycles. The minimum Gasteiger partial charge on any atom is -0.351 e. The van der Waals surface area contributed by atoms with Gasteiger partial charge in [-0.3, -0.25) is 4.79 Å². The Morgan fingerprint density at radius 2 is 2.44 bits per heavy atom. The van der Waals surface area contributed by atoms with Crippen LogP contribution >= 0.6 is 11.6 Å².